The maximum atomic E-state index is 12.1. The van der Waals surface area contributed by atoms with Crippen LogP contribution in [-0.2, 0) is 20.7 Å². The molecule has 1 atom stereocenters. The van der Waals surface area contributed by atoms with E-state index in [9.17, 15) is 9.59 Å². The molecule has 3 rings (SSSR count). The third kappa shape index (κ3) is 3.81. The standard InChI is InChI=1S/C16H15NO5S/c1-10(22-15(18)6-11-4-5-23-8-11)16(19)17-12-2-3-13-14(7-12)21-9-20-13/h2-5,7-8,10H,6,9H2,1H3,(H,17,19). The molecule has 0 bridgehead atoms. The second-order valence-electron chi connectivity index (χ2n) is 5.00. The molecule has 1 amide bonds. The number of benzene rings is 1. The smallest absolute Gasteiger partial charge is 0.311 e. The molecule has 1 unspecified atom stereocenters. The Balaban J connectivity index is 1.54. The van der Waals surface area contributed by atoms with E-state index in [1.165, 1.54) is 18.3 Å². The molecule has 6 nitrogen and oxygen atoms in total. The van der Waals surface area contributed by atoms with Crippen LogP contribution in [0.25, 0.3) is 0 Å². The molecule has 23 heavy (non-hydrogen) atoms. The van der Waals surface area contributed by atoms with Crippen LogP contribution in [0, 0.1) is 0 Å². The number of carbonyl (C=O) groups is 2. The first-order chi connectivity index (χ1) is 11.1. The number of esters is 1. The molecule has 7 heteroatoms. The van der Waals surface area contributed by atoms with Gasteiger partial charge in [-0.1, -0.05) is 0 Å². The summed E-state index contributed by atoms with van der Waals surface area (Å²) in [5.74, 6) is 0.377. The molecule has 0 aliphatic carbocycles. The molecule has 2 heterocycles. The summed E-state index contributed by atoms with van der Waals surface area (Å²) in [5, 5.41) is 6.45. The Kier molecular flexibility index (Phi) is 4.47. The van der Waals surface area contributed by atoms with E-state index in [0.29, 0.717) is 17.2 Å². The van der Waals surface area contributed by atoms with Crippen molar-refractivity contribution in [3.63, 3.8) is 0 Å². The molecule has 2 aromatic rings. The highest BCUT2D eigenvalue weighted by atomic mass is 32.1. The van der Waals surface area contributed by atoms with Gasteiger partial charge in [-0.25, -0.2) is 0 Å². The van der Waals surface area contributed by atoms with Crippen molar-refractivity contribution in [2.45, 2.75) is 19.4 Å². The van der Waals surface area contributed by atoms with E-state index >= 15 is 0 Å². The number of nitrogens with one attached hydrogen (secondary N) is 1. The lowest BCUT2D eigenvalue weighted by Crippen LogP contribution is -2.30. The lowest BCUT2D eigenvalue weighted by atomic mass is 10.2. The monoisotopic (exact) mass is 333 g/mol. The summed E-state index contributed by atoms with van der Waals surface area (Å²) in [4.78, 5) is 23.9. The Labute approximate surface area is 137 Å². The predicted octanol–water partition coefficient (Wildman–Crippen LogP) is 2.59. The number of amides is 1. The first kappa shape index (κ1) is 15.4. The third-order valence-corrected chi connectivity index (χ3v) is 3.98. The van der Waals surface area contributed by atoms with Gasteiger partial charge in [-0.2, -0.15) is 11.3 Å². The van der Waals surface area contributed by atoms with Crippen LogP contribution < -0.4 is 14.8 Å². The topological polar surface area (TPSA) is 73.9 Å². The van der Waals surface area contributed by atoms with Gasteiger partial charge in [0.25, 0.3) is 5.91 Å². The van der Waals surface area contributed by atoms with Gasteiger partial charge in [0.05, 0.1) is 6.42 Å². The average molecular weight is 333 g/mol. The summed E-state index contributed by atoms with van der Waals surface area (Å²) in [6.45, 7) is 1.71. The number of rotatable bonds is 5. The number of hydrogen-bond acceptors (Lipinski definition) is 6. The number of carbonyl (C=O) groups excluding carboxylic acids is 2. The van der Waals surface area contributed by atoms with E-state index in [2.05, 4.69) is 5.32 Å². The van der Waals surface area contributed by atoms with E-state index in [1.807, 2.05) is 16.8 Å². The molecule has 120 valence electrons. The Morgan fingerprint density at radius 1 is 1.30 bits per heavy atom. The zero-order chi connectivity index (χ0) is 16.2. The van der Waals surface area contributed by atoms with Gasteiger partial charge >= 0.3 is 5.97 Å². The van der Waals surface area contributed by atoms with Crippen LogP contribution in [0.3, 0.4) is 0 Å². The van der Waals surface area contributed by atoms with Gasteiger partial charge in [-0.3, -0.25) is 9.59 Å². The third-order valence-electron chi connectivity index (χ3n) is 3.25. The van der Waals surface area contributed by atoms with Crippen molar-refractivity contribution < 1.29 is 23.8 Å². The summed E-state index contributed by atoms with van der Waals surface area (Å²) in [6.07, 6.45) is -0.725. The molecule has 1 aliphatic rings. The fraction of sp³-hybridized carbons (Fsp3) is 0.250. The minimum Gasteiger partial charge on any atom is -0.454 e. The second kappa shape index (κ2) is 6.70. The highest BCUT2D eigenvalue weighted by molar-refractivity contribution is 7.07. The maximum absolute atomic E-state index is 12.1. The molecule has 0 spiro atoms. The van der Waals surface area contributed by atoms with Crippen LogP contribution in [0.2, 0.25) is 0 Å². The van der Waals surface area contributed by atoms with Gasteiger partial charge in [0.1, 0.15) is 0 Å². The minimum absolute atomic E-state index is 0.158. The van der Waals surface area contributed by atoms with Gasteiger partial charge in [0, 0.05) is 11.8 Å². The van der Waals surface area contributed by atoms with Crippen molar-refractivity contribution in [2.75, 3.05) is 12.1 Å². The van der Waals surface area contributed by atoms with Crippen molar-refractivity contribution in [1.82, 2.24) is 0 Å². The van der Waals surface area contributed by atoms with E-state index in [1.54, 1.807) is 18.2 Å². The summed E-state index contributed by atoms with van der Waals surface area (Å²) < 4.78 is 15.6. The summed E-state index contributed by atoms with van der Waals surface area (Å²) in [6, 6.07) is 6.93. The lowest BCUT2D eigenvalue weighted by molar-refractivity contribution is -0.152. The summed E-state index contributed by atoms with van der Waals surface area (Å²) in [7, 11) is 0. The Hall–Kier alpha value is -2.54. The first-order valence-electron chi connectivity index (χ1n) is 7.03. The van der Waals surface area contributed by atoms with Gasteiger partial charge in [0.2, 0.25) is 6.79 Å². The van der Waals surface area contributed by atoms with Gasteiger partial charge in [-0.15, -0.1) is 0 Å². The Morgan fingerprint density at radius 3 is 2.91 bits per heavy atom. The number of thiophene rings is 1. The van der Waals surface area contributed by atoms with Gasteiger partial charge in [-0.05, 0) is 41.4 Å². The lowest BCUT2D eigenvalue weighted by Gasteiger charge is -2.13. The fourth-order valence-electron chi connectivity index (χ4n) is 2.07. The Bertz CT molecular complexity index is 713. The van der Waals surface area contributed by atoms with Gasteiger partial charge < -0.3 is 19.5 Å². The summed E-state index contributed by atoms with van der Waals surface area (Å²) >= 11 is 1.51. The van der Waals surface area contributed by atoms with Crippen LogP contribution in [0.15, 0.2) is 35.0 Å². The highest BCUT2D eigenvalue weighted by Crippen LogP contribution is 2.34. The molecule has 0 saturated heterocycles. The maximum Gasteiger partial charge on any atom is 0.311 e. The molecule has 0 fully saturated rings. The highest BCUT2D eigenvalue weighted by Gasteiger charge is 2.20. The Morgan fingerprint density at radius 2 is 2.13 bits per heavy atom. The molecule has 1 aromatic carbocycles. The number of anilines is 1. The average Bonchev–Trinajstić information content (AvgIpc) is 3.17. The van der Waals surface area contributed by atoms with Crippen molar-refractivity contribution in [1.29, 1.82) is 0 Å². The molecule has 1 N–H and O–H groups in total. The van der Waals surface area contributed by atoms with Crippen molar-refractivity contribution in [2.24, 2.45) is 0 Å². The van der Waals surface area contributed by atoms with E-state index < -0.39 is 18.0 Å². The number of fused-ring (bicyclic) bond motifs is 1. The van der Waals surface area contributed by atoms with Gasteiger partial charge in [0.15, 0.2) is 17.6 Å². The molecule has 0 radical (unpaired) electrons. The fourth-order valence-corrected chi connectivity index (χ4v) is 2.74. The van der Waals surface area contributed by atoms with Crippen LogP contribution >= 0.6 is 11.3 Å². The van der Waals surface area contributed by atoms with Crippen LogP contribution in [0.1, 0.15) is 12.5 Å². The largest absolute Gasteiger partial charge is 0.454 e. The summed E-state index contributed by atoms with van der Waals surface area (Å²) in [5.41, 5.74) is 1.43. The molecule has 0 saturated carbocycles. The van der Waals surface area contributed by atoms with Crippen molar-refractivity contribution in [3.8, 4) is 11.5 Å². The normalized spacial score (nSPS) is 13.4. The SMILES string of the molecule is CC(OC(=O)Cc1ccsc1)C(=O)Nc1ccc2c(c1)OCO2. The number of ether oxygens (including phenoxy) is 3. The van der Waals surface area contributed by atoms with Crippen molar-refractivity contribution in [3.05, 3.63) is 40.6 Å². The zero-order valence-corrected chi connectivity index (χ0v) is 13.2. The molecular formula is C16H15NO5S. The molecular weight excluding hydrogens is 318 g/mol. The number of hydrogen-bond donors (Lipinski definition) is 1. The van der Waals surface area contributed by atoms with Crippen LogP contribution in [0.5, 0.6) is 11.5 Å². The first-order valence-corrected chi connectivity index (χ1v) is 7.97. The van der Waals surface area contributed by atoms with E-state index in [0.717, 1.165) is 5.56 Å². The molecule has 1 aliphatic heterocycles. The molecule has 1 aromatic heterocycles. The quantitative estimate of drug-likeness (QED) is 0.851. The van der Waals surface area contributed by atoms with Crippen LogP contribution in [-0.4, -0.2) is 24.8 Å². The predicted molar refractivity (Wildman–Crippen MR) is 84.8 cm³/mol. The van der Waals surface area contributed by atoms with Crippen molar-refractivity contribution >= 4 is 28.9 Å². The van der Waals surface area contributed by atoms with E-state index in [-0.39, 0.29) is 13.2 Å². The zero-order valence-electron chi connectivity index (χ0n) is 12.4. The second-order valence-corrected chi connectivity index (χ2v) is 5.78. The van der Waals surface area contributed by atoms with Crippen LogP contribution in [0.4, 0.5) is 5.69 Å². The van der Waals surface area contributed by atoms with E-state index in [4.69, 9.17) is 14.2 Å². The minimum atomic E-state index is -0.883.